The number of ketones is 1. The van der Waals surface area contributed by atoms with Gasteiger partial charge in [-0.1, -0.05) is 26.0 Å². The van der Waals surface area contributed by atoms with E-state index in [9.17, 15) is 4.79 Å². The monoisotopic (exact) mass is 140 g/mol. The fraction of sp³-hybridized carbons (Fsp3) is 0.667. The normalized spacial score (nSPS) is 20.2. The third-order valence-electron chi connectivity index (χ3n) is 1.56. The summed E-state index contributed by atoms with van der Waals surface area (Å²) in [6.45, 7) is 7.89. The molecule has 1 aliphatic carbocycles. The molecule has 1 nitrogen and oxygen atoms in total. The van der Waals surface area contributed by atoms with Crippen molar-refractivity contribution >= 4 is 5.78 Å². The van der Waals surface area contributed by atoms with Crippen LogP contribution >= 0.6 is 0 Å². The van der Waals surface area contributed by atoms with Gasteiger partial charge in [0.15, 0.2) is 0 Å². The van der Waals surface area contributed by atoms with Crippen molar-refractivity contribution < 1.29 is 4.79 Å². The number of hydrogen-bond acceptors (Lipinski definition) is 1. The second-order valence-corrected chi connectivity index (χ2v) is 2.75. The number of allylic oxidation sites excluding steroid dienone is 2. The van der Waals surface area contributed by atoms with Gasteiger partial charge in [0.05, 0.1) is 0 Å². The van der Waals surface area contributed by atoms with Crippen LogP contribution in [0.5, 0.6) is 0 Å². The molecule has 0 radical (unpaired) electrons. The smallest absolute Gasteiger partial charge is 0.145 e. The quantitative estimate of drug-likeness (QED) is 0.473. The lowest BCUT2D eigenvalue weighted by molar-refractivity contribution is -0.123. The second-order valence-electron chi connectivity index (χ2n) is 2.75. The fourth-order valence-corrected chi connectivity index (χ4v) is 0.817. The van der Waals surface area contributed by atoms with E-state index in [0.717, 1.165) is 0 Å². The number of carbonyl (C=O) groups excluding carboxylic acids is 1. The third kappa shape index (κ3) is 1.98. The van der Waals surface area contributed by atoms with E-state index in [1.165, 1.54) is 0 Å². The van der Waals surface area contributed by atoms with Gasteiger partial charge in [-0.05, 0) is 13.8 Å². The minimum absolute atomic E-state index is 0.167. The van der Waals surface area contributed by atoms with Gasteiger partial charge < -0.3 is 0 Å². The molecule has 1 heteroatoms. The van der Waals surface area contributed by atoms with Crippen molar-refractivity contribution in [3.05, 3.63) is 12.2 Å². The van der Waals surface area contributed by atoms with E-state index in [2.05, 4.69) is 0 Å². The summed E-state index contributed by atoms with van der Waals surface area (Å²) in [6, 6.07) is 0. The van der Waals surface area contributed by atoms with E-state index in [-0.39, 0.29) is 5.41 Å². The molecule has 58 valence electrons. The summed E-state index contributed by atoms with van der Waals surface area (Å²) in [5, 5.41) is 0. The molecule has 0 saturated carbocycles. The van der Waals surface area contributed by atoms with Gasteiger partial charge in [0, 0.05) is 11.8 Å². The summed E-state index contributed by atoms with van der Waals surface area (Å²) in [4.78, 5) is 10.8. The molecular weight excluding hydrogens is 124 g/mol. The van der Waals surface area contributed by atoms with Crippen LogP contribution in [0, 0.1) is 5.41 Å². The van der Waals surface area contributed by atoms with E-state index in [4.69, 9.17) is 0 Å². The Morgan fingerprint density at radius 3 is 2.00 bits per heavy atom. The van der Waals surface area contributed by atoms with Crippen molar-refractivity contribution in [2.75, 3.05) is 0 Å². The Labute approximate surface area is 63.1 Å². The van der Waals surface area contributed by atoms with Crippen molar-refractivity contribution in [3.63, 3.8) is 0 Å². The summed E-state index contributed by atoms with van der Waals surface area (Å²) >= 11 is 0. The average Bonchev–Trinajstić information content (AvgIpc) is 2.17. The first kappa shape index (κ1) is 9.41. The molecule has 0 heterocycles. The molecule has 0 unspecified atom stereocenters. The average molecular weight is 140 g/mol. The Bertz CT molecular complexity index is 143. The van der Waals surface area contributed by atoms with Gasteiger partial charge in [-0.15, -0.1) is 0 Å². The molecular formula is C9H16O. The van der Waals surface area contributed by atoms with Crippen LogP contribution in [-0.4, -0.2) is 5.78 Å². The van der Waals surface area contributed by atoms with Crippen LogP contribution < -0.4 is 0 Å². The van der Waals surface area contributed by atoms with Crippen LogP contribution in [0.4, 0.5) is 0 Å². The fourth-order valence-electron chi connectivity index (χ4n) is 0.817. The van der Waals surface area contributed by atoms with Crippen LogP contribution in [0.3, 0.4) is 0 Å². The predicted molar refractivity (Wildman–Crippen MR) is 43.9 cm³/mol. The number of carbonyl (C=O) groups is 1. The van der Waals surface area contributed by atoms with Gasteiger partial charge in [0.25, 0.3) is 0 Å². The molecule has 0 spiro atoms. The SMILES string of the molecule is CC.CC1(C)C=CCC1=O. The summed E-state index contributed by atoms with van der Waals surface area (Å²) in [5.41, 5.74) is -0.167. The topological polar surface area (TPSA) is 17.1 Å². The van der Waals surface area contributed by atoms with Crippen molar-refractivity contribution in [1.82, 2.24) is 0 Å². The van der Waals surface area contributed by atoms with Gasteiger partial charge in [0.1, 0.15) is 5.78 Å². The van der Waals surface area contributed by atoms with Crippen LogP contribution in [0.1, 0.15) is 34.1 Å². The highest BCUT2D eigenvalue weighted by Crippen LogP contribution is 2.25. The number of rotatable bonds is 0. The molecule has 0 fully saturated rings. The van der Waals surface area contributed by atoms with Crippen molar-refractivity contribution in [3.8, 4) is 0 Å². The molecule has 0 amide bonds. The molecule has 0 N–H and O–H groups in total. The maximum Gasteiger partial charge on any atom is 0.145 e. The van der Waals surface area contributed by atoms with Crippen LogP contribution in [0.25, 0.3) is 0 Å². The van der Waals surface area contributed by atoms with E-state index in [1.54, 1.807) is 0 Å². The Hall–Kier alpha value is -0.590. The summed E-state index contributed by atoms with van der Waals surface area (Å²) in [5.74, 6) is 0.331. The standard InChI is InChI=1S/C7H10O.C2H6/c1-7(2)5-3-4-6(7)8;1-2/h3,5H,4H2,1-2H3;1-2H3. The van der Waals surface area contributed by atoms with Gasteiger partial charge >= 0.3 is 0 Å². The summed E-state index contributed by atoms with van der Waals surface area (Å²) < 4.78 is 0. The molecule has 10 heavy (non-hydrogen) atoms. The highest BCUT2D eigenvalue weighted by molar-refractivity contribution is 5.89. The molecule has 0 saturated heterocycles. The van der Waals surface area contributed by atoms with Gasteiger partial charge in [-0.25, -0.2) is 0 Å². The first-order valence-electron chi connectivity index (χ1n) is 3.84. The molecule has 0 atom stereocenters. The maximum atomic E-state index is 10.8. The Morgan fingerprint density at radius 2 is 1.90 bits per heavy atom. The minimum atomic E-state index is -0.167. The third-order valence-corrected chi connectivity index (χ3v) is 1.56. The predicted octanol–water partition coefficient (Wildman–Crippen LogP) is 2.57. The zero-order valence-electron chi connectivity index (χ0n) is 7.27. The second kappa shape index (κ2) is 3.55. The lowest BCUT2D eigenvalue weighted by Crippen LogP contribution is -2.15. The Kier molecular flexibility index (Phi) is 3.34. The molecule has 0 aromatic carbocycles. The van der Waals surface area contributed by atoms with Crippen LogP contribution in [0.15, 0.2) is 12.2 Å². The lowest BCUT2D eigenvalue weighted by atomic mass is 9.92. The zero-order valence-corrected chi connectivity index (χ0v) is 7.27. The molecule has 0 aromatic rings. The van der Waals surface area contributed by atoms with Gasteiger partial charge in [-0.3, -0.25) is 4.79 Å². The highest BCUT2D eigenvalue weighted by Gasteiger charge is 2.26. The molecule has 1 aliphatic rings. The molecule has 1 rings (SSSR count). The van der Waals surface area contributed by atoms with Crippen LogP contribution in [0.2, 0.25) is 0 Å². The first-order chi connectivity index (χ1) is 4.63. The molecule has 0 aromatic heterocycles. The van der Waals surface area contributed by atoms with Crippen molar-refractivity contribution in [1.29, 1.82) is 0 Å². The van der Waals surface area contributed by atoms with E-state index < -0.39 is 0 Å². The summed E-state index contributed by atoms with van der Waals surface area (Å²) in [6.07, 6.45) is 4.53. The summed E-state index contributed by atoms with van der Waals surface area (Å²) in [7, 11) is 0. The van der Waals surface area contributed by atoms with Crippen molar-refractivity contribution in [2.24, 2.45) is 5.41 Å². The van der Waals surface area contributed by atoms with Crippen molar-refractivity contribution in [2.45, 2.75) is 34.1 Å². The molecule has 0 aliphatic heterocycles. The minimum Gasteiger partial charge on any atom is -0.298 e. The Balaban J connectivity index is 0.000000371. The van der Waals surface area contributed by atoms with Crippen LogP contribution in [-0.2, 0) is 4.79 Å². The largest absolute Gasteiger partial charge is 0.298 e. The zero-order chi connectivity index (χ0) is 8.20. The van der Waals surface area contributed by atoms with Gasteiger partial charge in [0.2, 0.25) is 0 Å². The number of hydrogen-bond donors (Lipinski definition) is 0. The van der Waals surface area contributed by atoms with Gasteiger partial charge in [-0.2, -0.15) is 0 Å². The van der Waals surface area contributed by atoms with E-state index in [1.807, 2.05) is 39.8 Å². The molecule has 0 bridgehead atoms. The first-order valence-corrected chi connectivity index (χ1v) is 3.84. The number of Topliss-reactive ketones (excluding diaryl/α,β-unsaturated/α-hetero) is 1. The van der Waals surface area contributed by atoms with E-state index in [0.29, 0.717) is 12.2 Å². The lowest BCUT2D eigenvalue weighted by Gasteiger charge is -2.10. The maximum absolute atomic E-state index is 10.8. The highest BCUT2D eigenvalue weighted by atomic mass is 16.1. The Morgan fingerprint density at radius 1 is 1.40 bits per heavy atom. The van der Waals surface area contributed by atoms with E-state index >= 15 is 0 Å².